The molecule has 1 aromatic carbocycles. The number of carbonyl (C=O) groups is 3. The van der Waals surface area contributed by atoms with Gasteiger partial charge in [0, 0.05) is 31.1 Å². The van der Waals surface area contributed by atoms with E-state index in [4.69, 9.17) is 16.2 Å². The number of nitrogens with zero attached hydrogens (tertiary/aromatic N) is 1. The molecule has 170 valence electrons. The van der Waals surface area contributed by atoms with E-state index in [9.17, 15) is 18.8 Å². The van der Waals surface area contributed by atoms with Crippen molar-refractivity contribution in [2.24, 2.45) is 17.1 Å². The van der Waals surface area contributed by atoms with Crippen LogP contribution in [0, 0.1) is 22.6 Å². The zero-order valence-electron chi connectivity index (χ0n) is 18.2. The summed E-state index contributed by atoms with van der Waals surface area (Å²) in [5, 5.41) is 19.1. The number of benzene rings is 1. The third kappa shape index (κ3) is 5.80. The number of nitrogens with one attached hydrogen (secondary N) is 2. The van der Waals surface area contributed by atoms with Gasteiger partial charge in [-0.1, -0.05) is 13.0 Å². The molecule has 1 aromatic rings. The fourth-order valence-corrected chi connectivity index (χ4v) is 4.04. The molecular formula is C22H31FN4O4. The Morgan fingerprint density at radius 1 is 1.32 bits per heavy atom. The topological polar surface area (TPSA) is 137 Å². The van der Waals surface area contributed by atoms with Crippen molar-refractivity contribution < 1.29 is 23.9 Å². The average Bonchev–Trinajstić information content (AvgIpc) is 2.71. The van der Waals surface area contributed by atoms with Gasteiger partial charge in [0.2, 0.25) is 5.91 Å². The first-order chi connectivity index (χ1) is 14.5. The molecule has 1 fully saturated rings. The molecule has 0 saturated carbocycles. The lowest BCUT2D eigenvalue weighted by molar-refractivity contribution is -0.143. The Bertz CT molecular complexity index is 863. The highest BCUT2D eigenvalue weighted by atomic mass is 19.1. The second-order valence-electron chi connectivity index (χ2n) is 8.60. The minimum absolute atomic E-state index is 0.0623. The number of amidine groups is 1. The van der Waals surface area contributed by atoms with Crippen LogP contribution in [-0.2, 0) is 9.59 Å². The first-order valence-electron chi connectivity index (χ1n) is 10.4. The zero-order chi connectivity index (χ0) is 23.3. The number of piperidine rings is 1. The summed E-state index contributed by atoms with van der Waals surface area (Å²) < 4.78 is 14.4. The standard InChI is InChI=1S/C22H31FN4O4/c1-4-17(26-20(30)15-6-5-14(19(24)25)12-16(15)23)22(2,3)21(31)27-9-7-13(8-10-27)11-18(28)29/h5-6,12-13,17H,4,7-11H2,1-3H3,(H3,24,25)(H,26,30)(H,28,29). The van der Waals surface area contributed by atoms with Gasteiger partial charge in [0.25, 0.3) is 5.91 Å². The Morgan fingerprint density at radius 2 is 1.94 bits per heavy atom. The van der Waals surface area contributed by atoms with E-state index in [0.717, 1.165) is 6.07 Å². The quantitative estimate of drug-likeness (QED) is 0.368. The molecule has 0 aliphatic carbocycles. The maximum absolute atomic E-state index is 14.4. The normalized spacial score (nSPS) is 15.9. The fraction of sp³-hybridized carbons (Fsp3) is 0.545. The van der Waals surface area contributed by atoms with Crippen molar-refractivity contribution in [3.8, 4) is 0 Å². The van der Waals surface area contributed by atoms with Gasteiger partial charge in [0.1, 0.15) is 11.7 Å². The minimum atomic E-state index is -0.931. The van der Waals surface area contributed by atoms with E-state index in [1.54, 1.807) is 18.7 Å². The number of rotatable bonds is 8. The van der Waals surface area contributed by atoms with Gasteiger partial charge in [-0.25, -0.2) is 4.39 Å². The van der Waals surface area contributed by atoms with Crippen LogP contribution in [0.15, 0.2) is 18.2 Å². The molecule has 1 aliphatic rings. The molecule has 0 spiro atoms. The number of aliphatic carboxylic acids is 1. The SMILES string of the molecule is CCC(NC(=O)c1ccc(C(=N)N)cc1F)C(C)(C)C(=O)N1CCC(CC(=O)O)CC1. The number of carbonyl (C=O) groups excluding carboxylic acids is 2. The molecular weight excluding hydrogens is 403 g/mol. The van der Waals surface area contributed by atoms with E-state index >= 15 is 0 Å². The average molecular weight is 435 g/mol. The Balaban J connectivity index is 2.08. The van der Waals surface area contributed by atoms with E-state index < -0.39 is 29.2 Å². The molecule has 1 atom stereocenters. The predicted molar refractivity (Wildman–Crippen MR) is 114 cm³/mol. The zero-order valence-corrected chi connectivity index (χ0v) is 18.2. The van der Waals surface area contributed by atoms with Crippen LogP contribution >= 0.6 is 0 Å². The number of hydrogen-bond donors (Lipinski definition) is 4. The van der Waals surface area contributed by atoms with Crippen molar-refractivity contribution in [3.05, 3.63) is 35.1 Å². The number of nitrogens with two attached hydrogens (primary N) is 1. The highest BCUT2D eigenvalue weighted by molar-refractivity contribution is 5.98. The summed E-state index contributed by atoms with van der Waals surface area (Å²) >= 11 is 0. The monoisotopic (exact) mass is 434 g/mol. The molecule has 2 amide bonds. The number of carboxylic acid groups (broad SMARTS) is 1. The maximum atomic E-state index is 14.4. The number of nitrogen functional groups attached to an aromatic ring is 1. The molecule has 5 N–H and O–H groups in total. The second kappa shape index (κ2) is 9.89. The largest absolute Gasteiger partial charge is 0.481 e. The van der Waals surface area contributed by atoms with Crippen molar-refractivity contribution in [2.75, 3.05) is 13.1 Å². The first kappa shape index (κ1) is 24.3. The molecule has 0 bridgehead atoms. The maximum Gasteiger partial charge on any atom is 0.303 e. The molecule has 31 heavy (non-hydrogen) atoms. The van der Waals surface area contributed by atoms with Gasteiger partial charge in [-0.3, -0.25) is 19.8 Å². The fourth-order valence-electron chi connectivity index (χ4n) is 4.04. The van der Waals surface area contributed by atoms with Gasteiger partial charge < -0.3 is 21.1 Å². The molecule has 1 aliphatic heterocycles. The summed E-state index contributed by atoms with van der Waals surface area (Å²) in [7, 11) is 0. The van der Waals surface area contributed by atoms with Crippen LogP contribution < -0.4 is 11.1 Å². The smallest absolute Gasteiger partial charge is 0.303 e. The predicted octanol–water partition coefficient (Wildman–Crippen LogP) is 2.36. The molecule has 2 rings (SSSR count). The third-order valence-electron chi connectivity index (χ3n) is 6.03. The van der Waals surface area contributed by atoms with E-state index in [1.165, 1.54) is 12.1 Å². The minimum Gasteiger partial charge on any atom is -0.481 e. The lowest BCUT2D eigenvalue weighted by Gasteiger charge is -2.40. The van der Waals surface area contributed by atoms with Crippen molar-refractivity contribution >= 4 is 23.6 Å². The molecule has 8 nitrogen and oxygen atoms in total. The van der Waals surface area contributed by atoms with Crippen LogP contribution in [0.3, 0.4) is 0 Å². The highest BCUT2D eigenvalue weighted by Gasteiger charge is 2.40. The lowest BCUT2D eigenvalue weighted by atomic mass is 9.80. The summed E-state index contributed by atoms with van der Waals surface area (Å²) in [6.07, 6.45) is 1.83. The molecule has 0 aromatic heterocycles. The lowest BCUT2D eigenvalue weighted by Crippen LogP contribution is -2.54. The van der Waals surface area contributed by atoms with E-state index in [-0.39, 0.29) is 35.2 Å². The highest BCUT2D eigenvalue weighted by Crippen LogP contribution is 2.30. The number of halogens is 1. The van der Waals surface area contributed by atoms with Gasteiger partial charge in [0.05, 0.1) is 11.0 Å². The second-order valence-corrected chi connectivity index (χ2v) is 8.60. The summed E-state index contributed by atoms with van der Waals surface area (Å²) in [5.41, 5.74) is 4.42. The van der Waals surface area contributed by atoms with Crippen molar-refractivity contribution in [3.63, 3.8) is 0 Å². The molecule has 1 heterocycles. The summed E-state index contributed by atoms with van der Waals surface area (Å²) in [4.78, 5) is 38.5. The van der Waals surface area contributed by atoms with Crippen LogP contribution in [0.25, 0.3) is 0 Å². The molecule has 0 radical (unpaired) electrons. The van der Waals surface area contributed by atoms with Gasteiger partial charge in [-0.2, -0.15) is 0 Å². The summed E-state index contributed by atoms with van der Waals surface area (Å²) in [6, 6.07) is 3.18. The van der Waals surface area contributed by atoms with Crippen LogP contribution in [0.1, 0.15) is 62.4 Å². The van der Waals surface area contributed by atoms with Crippen LogP contribution in [0.5, 0.6) is 0 Å². The number of likely N-dealkylation sites (tertiary alicyclic amines) is 1. The van der Waals surface area contributed by atoms with Gasteiger partial charge in [-0.15, -0.1) is 0 Å². The molecule has 1 unspecified atom stereocenters. The van der Waals surface area contributed by atoms with Crippen LogP contribution in [-0.4, -0.2) is 52.8 Å². The third-order valence-corrected chi connectivity index (χ3v) is 6.03. The van der Waals surface area contributed by atoms with Gasteiger partial charge in [0.15, 0.2) is 0 Å². The van der Waals surface area contributed by atoms with Crippen LogP contribution in [0.4, 0.5) is 4.39 Å². The Labute approximate surface area is 181 Å². The van der Waals surface area contributed by atoms with E-state index in [1.807, 2.05) is 6.92 Å². The van der Waals surface area contributed by atoms with Crippen LogP contribution in [0.2, 0.25) is 0 Å². The summed E-state index contributed by atoms with van der Waals surface area (Å²) in [5.74, 6) is -2.61. The number of amides is 2. The van der Waals surface area contributed by atoms with Crippen molar-refractivity contribution in [1.82, 2.24) is 10.2 Å². The number of carboxylic acids is 1. The Hall–Kier alpha value is -2.97. The first-order valence-corrected chi connectivity index (χ1v) is 10.4. The van der Waals surface area contributed by atoms with Gasteiger partial charge in [-0.05, 0) is 51.2 Å². The van der Waals surface area contributed by atoms with Gasteiger partial charge >= 0.3 is 5.97 Å². The Morgan fingerprint density at radius 3 is 2.42 bits per heavy atom. The summed E-state index contributed by atoms with van der Waals surface area (Å²) in [6.45, 7) is 6.30. The Kier molecular flexibility index (Phi) is 7.75. The number of hydrogen-bond acceptors (Lipinski definition) is 4. The molecule has 9 heteroatoms. The molecule has 1 saturated heterocycles. The van der Waals surface area contributed by atoms with Crippen molar-refractivity contribution in [2.45, 2.75) is 52.5 Å². The van der Waals surface area contributed by atoms with E-state index in [2.05, 4.69) is 5.32 Å². The van der Waals surface area contributed by atoms with Crippen molar-refractivity contribution in [1.29, 1.82) is 5.41 Å². The van der Waals surface area contributed by atoms with E-state index in [0.29, 0.717) is 32.4 Å².